The van der Waals surface area contributed by atoms with Crippen LogP contribution in [0, 0.1) is 18.3 Å². The van der Waals surface area contributed by atoms with Gasteiger partial charge in [0.1, 0.15) is 11.1 Å². The van der Waals surface area contributed by atoms with Gasteiger partial charge in [0.15, 0.2) is 0 Å². The summed E-state index contributed by atoms with van der Waals surface area (Å²) in [7, 11) is 0. The number of aliphatic hydroxyl groups excluding tert-OH is 1. The first-order valence-corrected chi connectivity index (χ1v) is 11.2. The number of nitrogens with zero attached hydrogens (tertiary/aromatic N) is 6. The minimum absolute atomic E-state index is 0.186. The van der Waals surface area contributed by atoms with Gasteiger partial charge in [-0.15, -0.1) is 0 Å². The van der Waals surface area contributed by atoms with E-state index in [-0.39, 0.29) is 6.10 Å². The predicted molar refractivity (Wildman–Crippen MR) is 118 cm³/mol. The van der Waals surface area contributed by atoms with Crippen molar-refractivity contribution in [2.45, 2.75) is 54.7 Å². The third-order valence-electron chi connectivity index (χ3n) is 5.92. The lowest BCUT2D eigenvalue weighted by Gasteiger charge is -2.26. The standard InChI is InChI=1S/C23H22N6OS/c1-15-20(13-27-29(15)18-5-7-19(30)8-6-18)16-10-21(31-22-4-2-3-9-25-22)23-17(11-24)12-26-28(23)14-16/h2-4,9-10,12-14,18-19,30H,5-8H2,1H3/t18-,19+. The van der Waals surface area contributed by atoms with Crippen molar-refractivity contribution in [3.63, 3.8) is 0 Å². The molecular weight excluding hydrogens is 408 g/mol. The maximum absolute atomic E-state index is 9.83. The summed E-state index contributed by atoms with van der Waals surface area (Å²) in [6.45, 7) is 2.09. The first-order chi connectivity index (χ1) is 15.1. The highest BCUT2D eigenvalue weighted by atomic mass is 32.2. The first-order valence-electron chi connectivity index (χ1n) is 10.4. The lowest BCUT2D eigenvalue weighted by molar-refractivity contribution is 0.107. The first kappa shape index (κ1) is 19.8. The molecule has 0 radical (unpaired) electrons. The molecule has 0 spiro atoms. The monoisotopic (exact) mass is 430 g/mol. The van der Waals surface area contributed by atoms with Crippen LogP contribution >= 0.6 is 11.8 Å². The summed E-state index contributed by atoms with van der Waals surface area (Å²) in [5, 5.41) is 29.4. The molecule has 7 nitrogen and oxygen atoms in total. The summed E-state index contributed by atoms with van der Waals surface area (Å²) in [5.41, 5.74) is 4.47. The Morgan fingerprint density at radius 1 is 1.16 bits per heavy atom. The zero-order valence-electron chi connectivity index (χ0n) is 17.1. The van der Waals surface area contributed by atoms with Crippen molar-refractivity contribution in [1.82, 2.24) is 24.4 Å². The van der Waals surface area contributed by atoms with E-state index in [9.17, 15) is 10.4 Å². The average molecular weight is 431 g/mol. The molecule has 4 heterocycles. The van der Waals surface area contributed by atoms with Crippen LogP contribution in [0.5, 0.6) is 0 Å². The third kappa shape index (κ3) is 3.71. The van der Waals surface area contributed by atoms with E-state index in [4.69, 9.17) is 0 Å². The zero-order valence-corrected chi connectivity index (χ0v) is 18.0. The van der Waals surface area contributed by atoms with Gasteiger partial charge in [-0.05, 0) is 50.8 Å². The second-order valence-electron chi connectivity index (χ2n) is 7.88. The van der Waals surface area contributed by atoms with Crippen LogP contribution in [0.15, 0.2) is 59.0 Å². The fourth-order valence-corrected chi connectivity index (χ4v) is 5.26. The Hall–Kier alpha value is -3.15. The number of aliphatic hydroxyl groups is 1. The number of nitriles is 1. The summed E-state index contributed by atoms with van der Waals surface area (Å²) in [4.78, 5) is 5.35. The van der Waals surface area contributed by atoms with Crippen LogP contribution in [-0.4, -0.2) is 35.6 Å². The van der Waals surface area contributed by atoms with E-state index in [1.165, 1.54) is 11.8 Å². The molecule has 8 heteroatoms. The Morgan fingerprint density at radius 3 is 2.74 bits per heavy atom. The van der Waals surface area contributed by atoms with Gasteiger partial charge >= 0.3 is 0 Å². The maximum Gasteiger partial charge on any atom is 0.103 e. The van der Waals surface area contributed by atoms with Crippen LogP contribution in [0.4, 0.5) is 0 Å². The fourth-order valence-electron chi connectivity index (χ4n) is 4.29. The van der Waals surface area contributed by atoms with E-state index in [1.54, 1.807) is 16.9 Å². The summed E-state index contributed by atoms with van der Waals surface area (Å²) >= 11 is 1.52. The Kier molecular flexibility index (Phi) is 5.22. The summed E-state index contributed by atoms with van der Waals surface area (Å²) in [6, 6.07) is 10.4. The molecule has 4 aromatic rings. The molecule has 1 aliphatic rings. The van der Waals surface area contributed by atoms with Crippen LogP contribution < -0.4 is 0 Å². The Morgan fingerprint density at radius 2 is 2.00 bits per heavy atom. The van der Waals surface area contributed by atoms with Crippen LogP contribution in [0.3, 0.4) is 0 Å². The van der Waals surface area contributed by atoms with E-state index in [2.05, 4.69) is 38.9 Å². The normalized spacial score (nSPS) is 18.9. The number of aromatic nitrogens is 5. The van der Waals surface area contributed by atoms with Gasteiger partial charge in [-0.3, -0.25) is 4.68 Å². The van der Waals surface area contributed by atoms with Gasteiger partial charge in [0.05, 0.1) is 35.6 Å². The summed E-state index contributed by atoms with van der Waals surface area (Å²) in [5.74, 6) is 0. The smallest absolute Gasteiger partial charge is 0.103 e. The highest BCUT2D eigenvalue weighted by Gasteiger charge is 2.24. The molecule has 0 unspecified atom stereocenters. The van der Waals surface area contributed by atoms with E-state index in [0.29, 0.717) is 11.6 Å². The molecule has 5 rings (SSSR count). The molecule has 1 N–H and O–H groups in total. The van der Waals surface area contributed by atoms with Crippen LogP contribution in [-0.2, 0) is 0 Å². The van der Waals surface area contributed by atoms with Crippen molar-refractivity contribution >= 4 is 17.3 Å². The third-order valence-corrected chi connectivity index (χ3v) is 6.90. The van der Waals surface area contributed by atoms with Gasteiger partial charge in [-0.25, -0.2) is 9.50 Å². The number of hydrogen-bond donors (Lipinski definition) is 1. The molecule has 1 aliphatic carbocycles. The van der Waals surface area contributed by atoms with E-state index >= 15 is 0 Å². The minimum Gasteiger partial charge on any atom is -0.393 e. The maximum atomic E-state index is 9.83. The molecule has 0 amide bonds. The molecule has 1 fully saturated rings. The van der Waals surface area contributed by atoms with Crippen LogP contribution in [0.2, 0.25) is 0 Å². The largest absolute Gasteiger partial charge is 0.393 e. The van der Waals surface area contributed by atoms with Crippen LogP contribution in [0.1, 0.15) is 43.0 Å². The number of pyridine rings is 2. The van der Waals surface area contributed by atoms with E-state index < -0.39 is 0 Å². The van der Waals surface area contributed by atoms with Gasteiger partial charge < -0.3 is 5.11 Å². The Bertz CT molecular complexity index is 1260. The molecule has 31 heavy (non-hydrogen) atoms. The van der Waals surface area contributed by atoms with Gasteiger partial charge in [0.2, 0.25) is 0 Å². The summed E-state index contributed by atoms with van der Waals surface area (Å²) in [6.07, 6.45) is 10.6. The zero-order chi connectivity index (χ0) is 21.4. The molecule has 4 aromatic heterocycles. The van der Waals surface area contributed by atoms with E-state index in [1.807, 2.05) is 30.6 Å². The lowest BCUT2D eigenvalue weighted by atomic mass is 9.93. The number of hydrogen-bond acceptors (Lipinski definition) is 6. The van der Waals surface area contributed by atoms with Crippen molar-refractivity contribution in [3.8, 4) is 17.2 Å². The molecule has 0 bridgehead atoms. The van der Waals surface area contributed by atoms with Gasteiger partial charge in [0, 0.05) is 34.1 Å². The molecule has 156 valence electrons. The second-order valence-corrected chi connectivity index (χ2v) is 8.94. The van der Waals surface area contributed by atoms with Crippen molar-refractivity contribution in [1.29, 1.82) is 5.26 Å². The average Bonchev–Trinajstić information content (AvgIpc) is 3.38. The van der Waals surface area contributed by atoms with Crippen molar-refractivity contribution in [3.05, 3.63) is 60.3 Å². The summed E-state index contributed by atoms with van der Waals surface area (Å²) < 4.78 is 3.87. The Balaban J connectivity index is 1.57. The highest BCUT2D eigenvalue weighted by molar-refractivity contribution is 7.99. The van der Waals surface area contributed by atoms with Crippen molar-refractivity contribution in [2.24, 2.45) is 0 Å². The molecule has 0 aromatic carbocycles. The SMILES string of the molecule is Cc1c(-c2cc(Sc3ccccn3)c3c(C#N)cnn3c2)cnn1[C@H]1CC[C@@H](O)CC1. The number of fused-ring (bicyclic) bond motifs is 1. The molecule has 0 atom stereocenters. The van der Waals surface area contributed by atoms with Crippen molar-refractivity contribution < 1.29 is 5.11 Å². The molecule has 0 aliphatic heterocycles. The lowest BCUT2D eigenvalue weighted by Crippen LogP contribution is -2.22. The second kappa shape index (κ2) is 8.17. The van der Waals surface area contributed by atoms with Gasteiger partial charge in [-0.2, -0.15) is 15.5 Å². The van der Waals surface area contributed by atoms with Gasteiger partial charge in [-0.1, -0.05) is 17.8 Å². The fraction of sp³-hybridized carbons (Fsp3) is 0.304. The van der Waals surface area contributed by atoms with Crippen LogP contribution in [0.25, 0.3) is 16.6 Å². The molecule has 0 saturated heterocycles. The molecule has 1 saturated carbocycles. The van der Waals surface area contributed by atoms with E-state index in [0.717, 1.165) is 57.9 Å². The highest BCUT2D eigenvalue weighted by Crippen LogP contribution is 2.37. The topological polar surface area (TPSA) is 92.0 Å². The quantitative estimate of drug-likeness (QED) is 0.516. The Labute approximate surface area is 184 Å². The predicted octanol–water partition coefficient (Wildman–Crippen LogP) is 4.40. The van der Waals surface area contributed by atoms with Gasteiger partial charge in [0.25, 0.3) is 0 Å². The minimum atomic E-state index is -0.186. The number of rotatable bonds is 4. The molecular formula is C23H22N6OS. The van der Waals surface area contributed by atoms with Crippen molar-refractivity contribution in [2.75, 3.05) is 0 Å².